The van der Waals surface area contributed by atoms with Crippen molar-refractivity contribution in [2.24, 2.45) is 0 Å². The molecule has 1 aliphatic heterocycles. The molecule has 0 aromatic rings. The van der Waals surface area contributed by atoms with Crippen LogP contribution in [-0.2, 0) is 14.3 Å². The van der Waals surface area contributed by atoms with Gasteiger partial charge in [-0.15, -0.1) is 0 Å². The smallest absolute Gasteiger partial charge is 0.407 e. The Labute approximate surface area is 107 Å². The molecular formula is C12H20N2O4. The standard InChI is InChI=1S/C12H20N2O4/c1-3-18-12(17)13-10-5-4-6-14(8-10)11(16)7-9(2)15/h10H,3-8H2,1-2H3,(H,13,17). The highest BCUT2D eigenvalue weighted by molar-refractivity contribution is 5.96. The highest BCUT2D eigenvalue weighted by Crippen LogP contribution is 2.11. The average Bonchev–Trinajstić information content (AvgIpc) is 2.28. The van der Waals surface area contributed by atoms with Crippen LogP contribution < -0.4 is 5.32 Å². The zero-order valence-corrected chi connectivity index (χ0v) is 10.9. The van der Waals surface area contributed by atoms with E-state index in [1.54, 1.807) is 11.8 Å². The summed E-state index contributed by atoms with van der Waals surface area (Å²) in [6.45, 7) is 4.56. The van der Waals surface area contributed by atoms with Gasteiger partial charge < -0.3 is 15.0 Å². The molecule has 1 atom stereocenters. The van der Waals surface area contributed by atoms with Crippen molar-refractivity contribution in [1.82, 2.24) is 10.2 Å². The molecule has 1 heterocycles. The van der Waals surface area contributed by atoms with E-state index < -0.39 is 6.09 Å². The molecule has 1 fully saturated rings. The van der Waals surface area contributed by atoms with Gasteiger partial charge in [-0.1, -0.05) is 0 Å². The Hall–Kier alpha value is -1.59. The van der Waals surface area contributed by atoms with Crippen LogP contribution >= 0.6 is 0 Å². The molecule has 0 saturated carbocycles. The van der Waals surface area contributed by atoms with Crippen LogP contribution in [0.4, 0.5) is 4.79 Å². The fourth-order valence-corrected chi connectivity index (χ4v) is 1.99. The van der Waals surface area contributed by atoms with Crippen LogP contribution in [0.25, 0.3) is 0 Å². The second-order valence-corrected chi connectivity index (χ2v) is 4.42. The summed E-state index contributed by atoms with van der Waals surface area (Å²) in [5.74, 6) is -0.307. The number of Topliss-reactive ketones (excluding diaryl/α,β-unsaturated/α-hetero) is 1. The summed E-state index contributed by atoms with van der Waals surface area (Å²) in [6, 6.07) is -0.0892. The number of nitrogens with zero attached hydrogens (tertiary/aromatic N) is 1. The molecule has 0 aliphatic carbocycles. The number of amides is 2. The molecule has 1 aliphatic rings. The van der Waals surface area contributed by atoms with Crippen LogP contribution in [0.15, 0.2) is 0 Å². The molecule has 18 heavy (non-hydrogen) atoms. The van der Waals surface area contributed by atoms with Gasteiger partial charge in [-0.3, -0.25) is 9.59 Å². The molecule has 1 rings (SSSR count). The Morgan fingerprint density at radius 1 is 1.39 bits per heavy atom. The largest absolute Gasteiger partial charge is 0.450 e. The fraction of sp³-hybridized carbons (Fsp3) is 0.750. The van der Waals surface area contributed by atoms with Crippen molar-refractivity contribution in [2.45, 2.75) is 39.2 Å². The summed E-state index contributed by atoms with van der Waals surface area (Å²) in [5.41, 5.74) is 0. The number of hydrogen-bond donors (Lipinski definition) is 1. The minimum Gasteiger partial charge on any atom is -0.450 e. The summed E-state index contributed by atoms with van der Waals surface area (Å²) in [4.78, 5) is 35.5. The van der Waals surface area contributed by atoms with Gasteiger partial charge in [0, 0.05) is 19.1 Å². The lowest BCUT2D eigenvalue weighted by molar-refractivity contribution is -0.135. The van der Waals surface area contributed by atoms with Crippen molar-refractivity contribution in [2.75, 3.05) is 19.7 Å². The maximum Gasteiger partial charge on any atom is 0.407 e. The number of piperidine rings is 1. The number of nitrogens with one attached hydrogen (secondary N) is 1. The summed E-state index contributed by atoms with van der Waals surface area (Å²) in [6.07, 6.45) is 1.12. The Kier molecular flexibility index (Phi) is 5.61. The van der Waals surface area contributed by atoms with Crippen molar-refractivity contribution in [3.63, 3.8) is 0 Å². The molecular weight excluding hydrogens is 236 g/mol. The SMILES string of the molecule is CCOC(=O)NC1CCCN(C(=O)CC(C)=O)C1. The molecule has 6 heteroatoms. The second-order valence-electron chi connectivity index (χ2n) is 4.42. The maximum atomic E-state index is 11.7. The fourth-order valence-electron chi connectivity index (χ4n) is 1.99. The van der Waals surface area contributed by atoms with Crippen LogP contribution in [-0.4, -0.2) is 48.4 Å². The molecule has 1 saturated heterocycles. The Morgan fingerprint density at radius 3 is 2.72 bits per heavy atom. The lowest BCUT2D eigenvalue weighted by Gasteiger charge is -2.32. The van der Waals surface area contributed by atoms with Crippen molar-refractivity contribution >= 4 is 17.8 Å². The number of rotatable bonds is 4. The topological polar surface area (TPSA) is 75.7 Å². The predicted molar refractivity (Wildman–Crippen MR) is 65.1 cm³/mol. The van der Waals surface area contributed by atoms with Crippen molar-refractivity contribution in [1.29, 1.82) is 0 Å². The summed E-state index contributed by atoms with van der Waals surface area (Å²) in [7, 11) is 0. The quantitative estimate of drug-likeness (QED) is 0.751. The molecule has 1 unspecified atom stereocenters. The van der Waals surface area contributed by atoms with Gasteiger partial charge in [0.1, 0.15) is 5.78 Å². The molecule has 0 spiro atoms. The normalized spacial score (nSPS) is 19.2. The lowest BCUT2D eigenvalue weighted by Crippen LogP contribution is -2.50. The van der Waals surface area contributed by atoms with E-state index in [1.165, 1.54) is 6.92 Å². The highest BCUT2D eigenvalue weighted by Gasteiger charge is 2.25. The number of alkyl carbamates (subject to hydrolysis) is 1. The maximum absolute atomic E-state index is 11.7. The molecule has 2 amide bonds. The first-order valence-corrected chi connectivity index (χ1v) is 6.23. The van der Waals surface area contributed by atoms with Crippen LogP contribution in [0.2, 0.25) is 0 Å². The molecule has 0 aromatic heterocycles. The third-order valence-electron chi connectivity index (χ3n) is 2.77. The van der Waals surface area contributed by atoms with Gasteiger partial charge in [-0.2, -0.15) is 0 Å². The molecule has 0 bridgehead atoms. The van der Waals surface area contributed by atoms with Gasteiger partial charge in [-0.05, 0) is 26.7 Å². The number of hydrogen-bond acceptors (Lipinski definition) is 4. The van der Waals surface area contributed by atoms with E-state index >= 15 is 0 Å². The molecule has 6 nitrogen and oxygen atoms in total. The summed E-state index contributed by atoms with van der Waals surface area (Å²) >= 11 is 0. The Morgan fingerprint density at radius 2 is 2.11 bits per heavy atom. The summed E-state index contributed by atoms with van der Waals surface area (Å²) < 4.78 is 4.80. The number of likely N-dealkylation sites (tertiary alicyclic amines) is 1. The van der Waals surface area contributed by atoms with Crippen LogP contribution in [0.1, 0.15) is 33.1 Å². The zero-order chi connectivity index (χ0) is 13.5. The van der Waals surface area contributed by atoms with E-state index in [-0.39, 0.29) is 24.2 Å². The zero-order valence-electron chi connectivity index (χ0n) is 10.9. The highest BCUT2D eigenvalue weighted by atomic mass is 16.5. The minimum absolute atomic E-state index is 0.0634. The number of ketones is 1. The first-order chi connectivity index (χ1) is 8.52. The molecule has 0 aromatic carbocycles. The Bertz CT molecular complexity index is 330. The van der Waals surface area contributed by atoms with Gasteiger partial charge in [0.05, 0.1) is 13.0 Å². The third-order valence-corrected chi connectivity index (χ3v) is 2.77. The van der Waals surface area contributed by atoms with E-state index in [0.29, 0.717) is 19.7 Å². The van der Waals surface area contributed by atoms with Gasteiger partial charge in [0.15, 0.2) is 0 Å². The summed E-state index contributed by atoms with van der Waals surface area (Å²) in [5, 5.41) is 2.72. The van der Waals surface area contributed by atoms with E-state index in [0.717, 1.165) is 12.8 Å². The van der Waals surface area contributed by atoms with Crippen LogP contribution in [0.5, 0.6) is 0 Å². The van der Waals surface area contributed by atoms with Gasteiger partial charge >= 0.3 is 6.09 Å². The first kappa shape index (κ1) is 14.5. The van der Waals surface area contributed by atoms with Gasteiger partial charge in [-0.25, -0.2) is 4.79 Å². The Balaban J connectivity index is 2.43. The monoisotopic (exact) mass is 256 g/mol. The van der Waals surface area contributed by atoms with E-state index in [1.807, 2.05) is 0 Å². The van der Waals surface area contributed by atoms with Gasteiger partial charge in [0.25, 0.3) is 0 Å². The average molecular weight is 256 g/mol. The van der Waals surface area contributed by atoms with Crippen molar-refractivity contribution < 1.29 is 19.1 Å². The minimum atomic E-state index is -0.455. The van der Waals surface area contributed by atoms with E-state index in [4.69, 9.17) is 4.74 Å². The molecule has 0 radical (unpaired) electrons. The van der Waals surface area contributed by atoms with Gasteiger partial charge in [0.2, 0.25) is 5.91 Å². The van der Waals surface area contributed by atoms with E-state index in [9.17, 15) is 14.4 Å². The van der Waals surface area contributed by atoms with E-state index in [2.05, 4.69) is 5.32 Å². The number of carbonyl (C=O) groups excluding carboxylic acids is 3. The van der Waals surface area contributed by atoms with Crippen molar-refractivity contribution in [3.8, 4) is 0 Å². The third kappa shape index (κ3) is 4.73. The predicted octanol–water partition coefficient (Wildman–Crippen LogP) is 0.703. The first-order valence-electron chi connectivity index (χ1n) is 6.23. The molecule has 1 N–H and O–H groups in total. The molecule has 102 valence electrons. The second kappa shape index (κ2) is 6.98. The number of ether oxygens (including phenoxy) is 1. The number of carbonyl (C=O) groups is 3. The van der Waals surface area contributed by atoms with Crippen LogP contribution in [0.3, 0.4) is 0 Å². The van der Waals surface area contributed by atoms with Crippen LogP contribution in [0, 0.1) is 0 Å². The lowest BCUT2D eigenvalue weighted by atomic mass is 10.1. The van der Waals surface area contributed by atoms with Crippen molar-refractivity contribution in [3.05, 3.63) is 0 Å².